The van der Waals surface area contributed by atoms with Crippen molar-refractivity contribution in [3.05, 3.63) is 26.8 Å². The predicted octanol–water partition coefficient (Wildman–Crippen LogP) is 1.41. The summed E-state index contributed by atoms with van der Waals surface area (Å²) in [5.74, 6) is 0.619. The summed E-state index contributed by atoms with van der Waals surface area (Å²) in [5, 5.41) is 0. The van der Waals surface area contributed by atoms with E-state index in [9.17, 15) is 4.79 Å². The molecule has 1 aliphatic rings. The zero-order valence-corrected chi connectivity index (χ0v) is 7.39. The first-order valence-electron chi connectivity index (χ1n) is 3.52. The summed E-state index contributed by atoms with van der Waals surface area (Å²) >= 11 is 3.29. The van der Waals surface area contributed by atoms with Crippen LogP contribution in [0.3, 0.4) is 0 Å². The summed E-state index contributed by atoms with van der Waals surface area (Å²) in [6, 6.07) is 0. The highest BCUT2D eigenvalue weighted by Crippen LogP contribution is 2.41. The van der Waals surface area contributed by atoms with Gasteiger partial charge in [-0.1, -0.05) is 0 Å². The lowest BCUT2D eigenvalue weighted by Gasteiger charge is -1.97. The third-order valence-corrected chi connectivity index (χ3v) is 2.46. The zero-order valence-electron chi connectivity index (χ0n) is 5.80. The van der Waals surface area contributed by atoms with Crippen LogP contribution in [0.1, 0.15) is 24.3 Å². The average molecular weight is 215 g/mol. The molecule has 1 aromatic heterocycles. The van der Waals surface area contributed by atoms with Crippen molar-refractivity contribution in [2.75, 3.05) is 0 Å². The van der Waals surface area contributed by atoms with Gasteiger partial charge in [-0.3, -0.25) is 4.98 Å². The molecule has 1 aliphatic carbocycles. The molecule has 0 aliphatic heterocycles. The number of nitrogens with zero attached hydrogens (tertiary/aromatic N) is 1. The molecular formula is C7H7BrN2O. The lowest BCUT2D eigenvalue weighted by Crippen LogP contribution is -2.10. The average Bonchev–Trinajstić information content (AvgIpc) is 2.70. The van der Waals surface area contributed by atoms with Crippen molar-refractivity contribution in [3.63, 3.8) is 0 Å². The van der Waals surface area contributed by atoms with Crippen LogP contribution in [0.15, 0.2) is 15.6 Å². The molecule has 0 spiro atoms. The molecule has 0 amide bonds. The Kier molecular flexibility index (Phi) is 1.56. The standard InChI is InChI=1S/C7H7BrN2O/c8-6-5(4-1-2-4)3-9-7(11)10-6/h3-4H,1-2H2,(H,9,10,11). The number of hydrogen-bond donors (Lipinski definition) is 1. The maximum Gasteiger partial charge on any atom is 0.345 e. The first kappa shape index (κ1) is 7.03. The molecule has 1 N–H and O–H groups in total. The fourth-order valence-electron chi connectivity index (χ4n) is 1.06. The third-order valence-electron chi connectivity index (χ3n) is 1.81. The van der Waals surface area contributed by atoms with Crippen LogP contribution in [-0.4, -0.2) is 9.97 Å². The predicted molar refractivity (Wildman–Crippen MR) is 44.5 cm³/mol. The van der Waals surface area contributed by atoms with Crippen LogP contribution in [0.5, 0.6) is 0 Å². The van der Waals surface area contributed by atoms with Crippen molar-refractivity contribution in [1.29, 1.82) is 0 Å². The second-order valence-corrected chi connectivity index (χ2v) is 3.52. The SMILES string of the molecule is O=c1ncc(C2CC2)c(Br)[nH]1. The lowest BCUT2D eigenvalue weighted by molar-refractivity contribution is 0.968. The number of aromatic amines is 1. The largest absolute Gasteiger partial charge is 0.345 e. The fourth-order valence-corrected chi connectivity index (χ4v) is 1.66. The molecule has 4 heteroatoms. The number of hydrogen-bond acceptors (Lipinski definition) is 2. The van der Waals surface area contributed by atoms with Gasteiger partial charge in [-0.25, -0.2) is 9.78 Å². The second-order valence-electron chi connectivity index (χ2n) is 2.73. The van der Waals surface area contributed by atoms with Crippen molar-refractivity contribution >= 4 is 15.9 Å². The van der Waals surface area contributed by atoms with Crippen LogP contribution in [-0.2, 0) is 0 Å². The van der Waals surface area contributed by atoms with Crippen LogP contribution in [0.2, 0.25) is 0 Å². The second kappa shape index (κ2) is 2.44. The highest BCUT2D eigenvalue weighted by atomic mass is 79.9. The summed E-state index contributed by atoms with van der Waals surface area (Å²) in [5.41, 5.74) is 0.839. The first-order valence-corrected chi connectivity index (χ1v) is 4.31. The number of halogens is 1. The van der Waals surface area contributed by atoms with E-state index in [4.69, 9.17) is 0 Å². The van der Waals surface area contributed by atoms with E-state index in [0.29, 0.717) is 5.92 Å². The number of H-pyrrole nitrogens is 1. The molecule has 0 atom stereocenters. The maximum atomic E-state index is 10.7. The molecule has 3 nitrogen and oxygen atoms in total. The van der Waals surface area contributed by atoms with Crippen molar-refractivity contribution in [2.45, 2.75) is 18.8 Å². The van der Waals surface area contributed by atoms with E-state index in [1.807, 2.05) is 0 Å². The Bertz CT molecular complexity index is 329. The minimum absolute atomic E-state index is 0.290. The van der Waals surface area contributed by atoms with Gasteiger partial charge in [0.05, 0.1) is 4.60 Å². The smallest absolute Gasteiger partial charge is 0.300 e. The van der Waals surface area contributed by atoms with Crippen molar-refractivity contribution in [1.82, 2.24) is 9.97 Å². The Labute approximate surface area is 72.0 Å². The topological polar surface area (TPSA) is 45.8 Å². The molecule has 11 heavy (non-hydrogen) atoms. The molecule has 1 saturated carbocycles. The zero-order chi connectivity index (χ0) is 7.84. The number of rotatable bonds is 1. The fraction of sp³-hybridized carbons (Fsp3) is 0.429. The van der Waals surface area contributed by atoms with Crippen molar-refractivity contribution in [3.8, 4) is 0 Å². The summed E-state index contributed by atoms with van der Waals surface area (Å²) in [6.45, 7) is 0. The molecule has 1 fully saturated rings. The van der Waals surface area contributed by atoms with Crippen LogP contribution in [0.25, 0.3) is 0 Å². The molecular weight excluding hydrogens is 208 g/mol. The van der Waals surface area contributed by atoms with E-state index in [2.05, 4.69) is 25.9 Å². The molecule has 2 rings (SSSR count). The Balaban J connectivity index is 2.47. The molecule has 1 aromatic rings. The first-order chi connectivity index (χ1) is 5.27. The Hall–Kier alpha value is -0.640. The van der Waals surface area contributed by atoms with Crippen LogP contribution >= 0.6 is 15.9 Å². The van der Waals surface area contributed by atoms with Crippen molar-refractivity contribution in [2.24, 2.45) is 0 Å². The monoisotopic (exact) mass is 214 g/mol. The normalized spacial score (nSPS) is 16.8. The molecule has 0 aromatic carbocycles. The molecule has 58 valence electrons. The highest BCUT2D eigenvalue weighted by Gasteiger charge is 2.26. The van der Waals surface area contributed by atoms with E-state index in [1.54, 1.807) is 6.20 Å². The van der Waals surface area contributed by atoms with Gasteiger partial charge >= 0.3 is 5.69 Å². The molecule has 0 bridgehead atoms. The van der Waals surface area contributed by atoms with Gasteiger partial charge in [0.15, 0.2) is 0 Å². The van der Waals surface area contributed by atoms with Crippen molar-refractivity contribution < 1.29 is 0 Å². The van der Waals surface area contributed by atoms with E-state index >= 15 is 0 Å². The summed E-state index contributed by atoms with van der Waals surface area (Å²) < 4.78 is 0.792. The Morgan fingerprint density at radius 2 is 2.36 bits per heavy atom. The minimum atomic E-state index is -0.290. The maximum absolute atomic E-state index is 10.7. The van der Waals surface area contributed by atoms with Gasteiger partial charge in [0, 0.05) is 11.8 Å². The van der Waals surface area contributed by atoms with Crippen LogP contribution in [0, 0.1) is 0 Å². The highest BCUT2D eigenvalue weighted by molar-refractivity contribution is 9.10. The van der Waals surface area contributed by atoms with Gasteiger partial charge in [0.25, 0.3) is 0 Å². The van der Waals surface area contributed by atoms with Gasteiger partial charge in [-0.2, -0.15) is 0 Å². The molecule has 0 saturated heterocycles. The molecule has 0 unspecified atom stereocenters. The van der Waals surface area contributed by atoms with Gasteiger partial charge in [-0.15, -0.1) is 0 Å². The minimum Gasteiger partial charge on any atom is -0.300 e. The summed E-state index contributed by atoms with van der Waals surface area (Å²) in [7, 11) is 0. The van der Waals surface area contributed by atoms with Crippen LogP contribution in [0.4, 0.5) is 0 Å². The van der Waals surface area contributed by atoms with E-state index in [1.165, 1.54) is 12.8 Å². The van der Waals surface area contributed by atoms with Gasteiger partial charge in [0.1, 0.15) is 0 Å². The lowest BCUT2D eigenvalue weighted by atomic mass is 10.2. The number of aromatic nitrogens is 2. The third kappa shape index (κ3) is 1.35. The van der Waals surface area contributed by atoms with E-state index < -0.39 is 0 Å². The van der Waals surface area contributed by atoms with E-state index in [-0.39, 0.29) is 5.69 Å². The quantitative estimate of drug-likeness (QED) is 0.720. The molecule has 0 radical (unpaired) electrons. The summed E-state index contributed by atoms with van der Waals surface area (Å²) in [6.07, 6.45) is 4.08. The Morgan fingerprint density at radius 3 is 2.91 bits per heavy atom. The van der Waals surface area contributed by atoms with Crippen LogP contribution < -0.4 is 5.69 Å². The van der Waals surface area contributed by atoms with Gasteiger partial charge < -0.3 is 0 Å². The van der Waals surface area contributed by atoms with Gasteiger partial charge in [0.2, 0.25) is 0 Å². The van der Waals surface area contributed by atoms with E-state index in [0.717, 1.165) is 10.2 Å². The Morgan fingerprint density at radius 1 is 1.64 bits per heavy atom. The molecule has 1 heterocycles. The van der Waals surface area contributed by atoms with Gasteiger partial charge in [-0.05, 0) is 34.7 Å². The number of nitrogens with one attached hydrogen (secondary N) is 1. The summed E-state index contributed by atoms with van der Waals surface area (Å²) in [4.78, 5) is 17.0.